The van der Waals surface area contributed by atoms with Gasteiger partial charge >= 0.3 is 0 Å². The van der Waals surface area contributed by atoms with E-state index in [1.54, 1.807) is 11.1 Å². The lowest BCUT2D eigenvalue weighted by Crippen LogP contribution is -2.43. The number of aryl methyl sites for hydroxylation is 1. The van der Waals surface area contributed by atoms with Crippen molar-refractivity contribution < 1.29 is 9.59 Å². The van der Waals surface area contributed by atoms with E-state index < -0.39 is 0 Å². The zero-order valence-corrected chi connectivity index (χ0v) is 15.7. The third-order valence-electron chi connectivity index (χ3n) is 4.99. The summed E-state index contributed by atoms with van der Waals surface area (Å²) in [6.45, 7) is 6.81. The number of nitrogens with one attached hydrogen (secondary N) is 1. The molecule has 26 heavy (non-hydrogen) atoms. The fraction of sp³-hybridized carbons (Fsp3) is 0.450. The van der Waals surface area contributed by atoms with E-state index in [0.717, 1.165) is 35.3 Å². The second-order valence-electron chi connectivity index (χ2n) is 6.95. The summed E-state index contributed by atoms with van der Waals surface area (Å²) in [4.78, 5) is 25.9. The number of hydrogen-bond acceptors (Lipinski definition) is 3. The van der Waals surface area contributed by atoms with Crippen LogP contribution < -0.4 is 5.32 Å². The van der Waals surface area contributed by atoms with Gasteiger partial charge in [-0.2, -0.15) is 5.10 Å². The van der Waals surface area contributed by atoms with Crippen LogP contribution in [0.3, 0.4) is 0 Å². The Balaban J connectivity index is 1.68. The van der Waals surface area contributed by atoms with E-state index in [1.165, 1.54) is 0 Å². The highest BCUT2D eigenvalue weighted by molar-refractivity contribution is 5.85. The van der Waals surface area contributed by atoms with Crippen molar-refractivity contribution in [1.82, 2.24) is 20.0 Å². The molecule has 1 aromatic carbocycles. The molecule has 6 heteroatoms. The number of benzene rings is 1. The molecule has 1 N–H and O–H groups in total. The Labute approximate surface area is 154 Å². The number of carbonyl (C=O) groups excluding carboxylic acids is 2. The van der Waals surface area contributed by atoms with Crippen LogP contribution in [0.2, 0.25) is 0 Å². The molecule has 6 nitrogen and oxygen atoms in total. The molecule has 0 saturated carbocycles. The number of nitrogens with zero attached hydrogens (tertiary/aromatic N) is 3. The van der Waals surface area contributed by atoms with E-state index in [9.17, 15) is 9.59 Å². The molecular weight excluding hydrogens is 328 g/mol. The van der Waals surface area contributed by atoms with Crippen LogP contribution in [0.5, 0.6) is 0 Å². The molecule has 1 unspecified atom stereocenters. The number of piperidine rings is 1. The lowest BCUT2D eigenvalue weighted by Gasteiger charge is -2.26. The third-order valence-corrected chi connectivity index (χ3v) is 4.99. The highest BCUT2D eigenvalue weighted by Gasteiger charge is 2.22. The minimum absolute atomic E-state index is 0.0719. The SMILES string of the molecule is Cc1ccccc1-n1ncc(C(C)NC(=O)CN2CCCCC2=O)c1C. The maximum absolute atomic E-state index is 12.4. The van der Waals surface area contributed by atoms with Gasteiger partial charge in [-0.05, 0) is 45.2 Å². The van der Waals surface area contributed by atoms with Gasteiger partial charge < -0.3 is 10.2 Å². The van der Waals surface area contributed by atoms with Crippen molar-refractivity contribution >= 4 is 11.8 Å². The molecule has 1 aliphatic heterocycles. The number of rotatable bonds is 5. The number of hydrogen-bond donors (Lipinski definition) is 1. The topological polar surface area (TPSA) is 67.2 Å². The smallest absolute Gasteiger partial charge is 0.240 e. The maximum Gasteiger partial charge on any atom is 0.240 e. The van der Waals surface area contributed by atoms with Crippen LogP contribution in [-0.4, -0.2) is 39.6 Å². The van der Waals surface area contributed by atoms with Crippen LogP contribution in [0, 0.1) is 13.8 Å². The molecule has 0 aliphatic carbocycles. The Morgan fingerprint density at radius 3 is 2.77 bits per heavy atom. The van der Waals surface area contributed by atoms with Crippen LogP contribution in [0.25, 0.3) is 5.69 Å². The predicted octanol–water partition coefficient (Wildman–Crippen LogP) is 2.68. The molecule has 138 valence electrons. The molecule has 2 heterocycles. The van der Waals surface area contributed by atoms with Crippen molar-refractivity contribution in [2.45, 2.75) is 46.1 Å². The lowest BCUT2D eigenvalue weighted by molar-refractivity contribution is -0.138. The minimum Gasteiger partial charge on any atom is -0.348 e. The first-order valence-electron chi connectivity index (χ1n) is 9.15. The van der Waals surface area contributed by atoms with Crippen LogP contribution in [0.4, 0.5) is 0 Å². The van der Waals surface area contributed by atoms with Gasteiger partial charge in [0.25, 0.3) is 0 Å². The van der Waals surface area contributed by atoms with Gasteiger partial charge in [-0.3, -0.25) is 9.59 Å². The van der Waals surface area contributed by atoms with E-state index in [0.29, 0.717) is 13.0 Å². The van der Waals surface area contributed by atoms with Crippen molar-refractivity contribution in [2.75, 3.05) is 13.1 Å². The summed E-state index contributed by atoms with van der Waals surface area (Å²) >= 11 is 0. The highest BCUT2D eigenvalue weighted by atomic mass is 16.2. The van der Waals surface area contributed by atoms with Gasteiger partial charge in [-0.25, -0.2) is 4.68 Å². The zero-order valence-electron chi connectivity index (χ0n) is 15.7. The van der Waals surface area contributed by atoms with Crippen molar-refractivity contribution in [3.8, 4) is 5.69 Å². The van der Waals surface area contributed by atoms with Gasteiger partial charge in [0.1, 0.15) is 0 Å². The summed E-state index contributed by atoms with van der Waals surface area (Å²) in [5.41, 5.74) is 4.16. The molecule has 1 saturated heterocycles. The molecule has 1 aromatic heterocycles. The van der Waals surface area contributed by atoms with Crippen LogP contribution in [-0.2, 0) is 9.59 Å². The first kappa shape index (κ1) is 18.2. The monoisotopic (exact) mass is 354 g/mol. The van der Waals surface area contributed by atoms with Crippen LogP contribution in [0.15, 0.2) is 30.5 Å². The van der Waals surface area contributed by atoms with Crippen molar-refractivity contribution in [2.24, 2.45) is 0 Å². The largest absolute Gasteiger partial charge is 0.348 e. The molecule has 0 bridgehead atoms. The average Bonchev–Trinajstić information content (AvgIpc) is 2.99. The van der Waals surface area contributed by atoms with E-state index in [-0.39, 0.29) is 24.4 Å². The first-order valence-corrected chi connectivity index (χ1v) is 9.15. The minimum atomic E-state index is -0.167. The van der Waals surface area contributed by atoms with Crippen LogP contribution >= 0.6 is 0 Å². The zero-order chi connectivity index (χ0) is 18.7. The molecule has 0 radical (unpaired) electrons. The van der Waals surface area contributed by atoms with Gasteiger partial charge in [-0.15, -0.1) is 0 Å². The third kappa shape index (κ3) is 3.79. The molecule has 1 aliphatic rings. The number of carbonyl (C=O) groups is 2. The van der Waals surface area contributed by atoms with E-state index >= 15 is 0 Å². The van der Waals surface area contributed by atoms with E-state index in [4.69, 9.17) is 0 Å². The van der Waals surface area contributed by atoms with Crippen molar-refractivity contribution in [3.63, 3.8) is 0 Å². The molecular formula is C20H26N4O2. The normalized spacial score (nSPS) is 15.8. The lowest BCUT2D eigenvalue weighted by atomic mass is 10.1. The summed E-state index contributed by atoms with van der Waals surface area (Å²) in [7, 11) is 0. The van der Waals surface area contributed by atoms with E-state index in [2.05, 4.69) is 23.4 Å². The average molecular weight is 354 g/mol. The summed E-state index contributed by atoms with van der Waals surface area (Å²) < 4.78 is 1.90. The summed E-state index contributed by atoms with van der Waals surface area (Å²) in [6.07, 6.45) is 4.24. The summed E-state index contributed by atoms with van der Waals surface area (Å²) in [6, 6.07) is 7.91. The number of para-hydroxylation sites is 1. The maximum atomic E-state index is 12.4. The quantitative estimate of drug-likeness (QED) is 0.898. The Kier molecular flexibility index (Phi) is 5.40. The Hall–Kier alpha value is -2.63. The Morgan fingerprint density at radius 1 is 1.27 bits per heavy atom. The molecule has 3 rings (SSSR count). The van der Waals surface area contributed by atoms with Gasteiger partial charge in [0.05, 0.1) is 24.5 Å². The molecule has 0 spiro atoms. The molecule has 1 atom stereocenters. The fourth-order valence-electron chi connectivity index (χ4n) is 3.46. The van der Waals surface area contributed by atoms with Gasteiger partial charge in [0, 0.05) is 24.2 Å². The number of likely N-dealkylation sites (tertiary alicyclic amines) is 1. The van der Waals surface area contributed by atoms with Crippen molar-refractivity contribution in [1.29, 1.82) is 0 Å². The van der Waals surface area contributed by atoms with Gasteiger partial charge in [0.2, 0.25) is 11.8 Å². The van der Waals surface area contributed by atoms with Crippen molar-refractivity contribution in [3.05, 3.63) is 47.3 Å². The fourth-order valence-corrected chi connectivity index (χ4v) is 3.46. The predicted molar refractivity (Wildman–Crippen MR) is 100 cm³/mol. The van der Waals surface area contributed by atoms with Gasteiger partial charge in [-0.1, -0.05) is 18.2 Å². The number of amides is 2. The first-order chi connectivity index (χ1) is 12.5. The Morgan fingerprint density at radius 2 is 2.04 bits per heavy atom. The summed E-state index contributed by atoms with van der Waals surface area (Å²) in [5.74, 6) is -0.0570. The Bertz CT molecular complexity index is 812. The standard InChI is InChI=1S/C20H26N4O2/c1-14-8-4-5-9-18(14)24-16(3)17(12-21-24)15(2)22-19(25)13-23-11-7-6-10-20(23)26/h4-5,8-9,12,15H,6-7,10-11,13H2,1-3H3,(H,22,25). The second kappa shape index (κ2) is 7.72. The second-order valence-corrected chi connectivity index (χ2v) is 6.95. The number of aromatic nitrogens is 2. The van der Waals surface area contributed by atoms with Gasteiger partial charge in [0.15, 0.2) is 0 Å². The van der Waals surface area contributed by atoms with Crippen LogP contribution in [0.1, 0.15) is 49.0 Å². The molecule has 2 amide bonds. The molecule has 1 fully saturated rings. The molecule has 2 aromatic rings. The summed E-state index contributed by atoms with van der Waals surface area (Å²) in [5, 5.41) is 7.50. The highest BCUT2D eigenvalue weighted by Crippen LogP contribution is 2.22. The van der Waals surface area contributed by atoms with E-state index in [1.807, 2.05) is 36.7 Å².